The fourth-order valence-corrected chi connectivity index (χ4v) is 4.22. The Hall–Kier alpha value is -3.59. The average molecular weight is 436 g/mol. The van der Waals surface area contributed by atoms with Crippen molar-refractivity contribution in [2.75, 3.05) is 11.9 Å². The van der Waals surface area contributed by atoms with Gasteiger partial charge in [0.25, 0.3) is 0 Å². The number of oxazole rings is 1. The normalized spacial score (nSPS) is 11.9. The van der Waals surface area contributed by atoms with E-state index < -0.39 is 11.9 Å². The zero-order valence-corrected chi connectivity index (χ0v) is 17.7. The third-order valence-corrected chi connectivity index (χ3v) is 5.87. The number of carboxylic acids is 1. The number of carbonyl (C=O) groups is 1. The van der Waals surface area contributed by atoms with E-state index >= 15 is 0 Å². The molecule has 1 atom stereocenters. The number of benzene rings is 1. The van der Waals surface area contributed by atoms with Gasteiger partial charge in [-0.2, -0.15) is 0 Å². The number of nitrogens with zero attached hydrogens (tertiary/aromatic N) is 4. The summed E-state index contributed by atoms with van der Waals surface area (Å²) in [6.45, 7) is 2.30. The van der Waals surface area contributed by atoms with E-state index in [0.29, 0.717) is 23.9 Å². The molecule has 8 nitrogen and oxygen atoms in total. The number of hydrogen-bond donors (Lipinski definition) is 2. The molecule has 0 radical (unpaired) electrons. The van der Waals surface area contributed by atoms with E-state index in [2.05, 4.69) is 20.3 Å². The predicted molar refractivity (Wildman–Crippen MR) is 119 cm³/mol. The van der Waals surface area contributed by atoms with Crippen molar-refractivity contribution in [2.45, 2.75) is 19.8 Å². The van der Waals surface area contributed by atoms with E-state index in [1.807, 2.05) is 31.2 Å². The van der Waals surface area contributed by atoms with Crippen LogP contribution in [-0.2, 0) is 4.79 Å². The van der Waals surface area contributed by atoms with E-state index in [4.69, 9.17) is 9.40 Å². The van der Waals surface area contributed by atoms with Crippen molar-refractivity contribution in [3.63, 3.8) is 0 Å². The molecule has 2 N–H and O–H groups in total. The second-order valence-electron chi connectivity index (χ2n) is 6.97. The van der Waals surface area contributed by atoms with Crippen LogP contribution in [0.4, 0.5) is 5.13 Å². The Morgan fingerprint density at radius 1 is 1.10 bits per heavy atom. The molecule has 0 saturated carbocycles. The Bertz CT molecular complexity index is 1130. The summed E-state index contributed by atoms with van der Waals surface area (Å²) in [5.41, 5.74) is 3.46. The first-order chi connectivity index (χ1) is 15.2. The lowest BCUT2D eigenvalue weighted by atomic mass is 10.0. The highest BCUT2D eigenvalue weighted by Gasteiger charge is 2.19. The standard InChI is InChI=1S/C22H21N5O3S/c1-2-3-16(21(28)29)10-26-22-27-19(17-8-23-12-24-9-17)20(31-22)15-6-4-14(5-7-15)18-11-25-13-30-18/h4-9,11-13,16H,2-3,10H2,1H3,(H,26,27)(H,28,29). The minimum absolute atomic E-state index is 0.325. The summed E-state index contributed by atoms with van der Waals surface area (Å²) in [6.07, 6.45) is 9.41. The number of thiazole rings is 1. The zero-order chi connectivity index (χ0) is 21.6. The smallest absolute Gasteiger partial charge is 0.308 e. The summed E-state index contributed by atoms with van der Waals surface area (Å²) in [6, 6.07) is 7.93. The van der Waals surface area contributed by atoms with E-state index in [9.17, 15) is 9.90 Å². The van der Waals surface area contributed by atoms with Crippen LogP contribution in [0.2, 0.25) is 0 Å². The number of carboxylic acid groups (broad SMARTS) is 1. The molecular formula is C22H21N5O3S. The summed E-state index contributed by atoms with van der Waals surface area (Å²) >= 11 is 1.48. The lowest BCUT2D eigenvalue weighted by Gasteiger charge is -2.11. The number of nitrogens with one attached hydrogen (secondary N) is 1. The molecule has 0 aliphatic heterocycles. The number of aliphatic carboxylic acids is 1. The van der Waals surface area contributed by atoms with Crippen molar-refractivity contribution in [1.29, 1.82) is 0 Å². The van der Waals surface area contributed by atoms with Gasteiger partial charge in [-0.15, -0.1) is 0 Å². The van der Waals surface area contributed by atoms with E-state index in [0.717, 1.165) is 33.7 Å². The molecule has 1 unspecified atom stereocenters. The van der Waals surface area contributed by atoms with E-state index in [1.165, 1.54) is 24.1 Å². The second-order valence-corrected chi connectivity index (χ2v) is 7.97. The maximum Gasteiger partial charge on any atom is 0.308 e. The molecule has 3 aromatic heterocycles. The summed E-state index contributed by atoms with van der Waals surface area (Å²) in [7, 11) is 0. The van der Waals surface area contributed by atoms with Crippen LogP contribution < -0.4 is 5.32 Å². The third-order valence-electron chi connectivity index (χ3n) is 4.81. The topological polar surface area (TPSA) is 114 Å². The van der Waals surface area contributed by atoms with Gasteiger partial charge in [-0.05, 0) is 12.0 Å². The number of hydrogen-bond acceptors (Lipinski definition) is 8. The summed E-state index contributed by atoms with van der Waals surface area (Å²) < 4.78 is 5.36. The van der Waals surface area contributed by atoms with Gasteiger partial charge in [-0.1, -0.05) is 48.9 Å². The highest BCUT2D eigenvalue weighted by molar-refractivity contribution is 7.19. The van der Waals surface area contributed by atoms with Gasteiger partial charge in [-0.25, -0.2) is 19.9 Å². The van der Waals surface area contributed by atoms with Crippen LogP contribution in [0.5, 0.6) is 0 Å². The number of aromatic nitrogens is 4. The quantitative estimate of drug-likeness (QED) is 0.384. The first kappa shape index (κ1) is 20.7. The molecule has 0 aliphatic carbocycles. The Kier molecular flexibility index (Phi) is 6.32. The lowest BCUT2D eigenvalue weighted by molar-refractivity contribution is -0.141. The van der Waals surface area contributed by atoms with E-state index in [-0.39, 0.29) is 0 Å². The molecule has 0 aliphatic rings. The second kappa shape index (κ2) is 9.48. The van der Waals surface area contributed by atoms with Crippen LogP contribution in [0.15, 0.2) is 60.0 Å². The zero-order valence-electron chi connectivity index (χ0n) is 16.9. The van der Waals surface area contributed by atoms with Crippen molar-refractivity contribution < 1.29 is 14.3 Å². The molecule has 4 rings (SSSR count). The maximum absolute atomic E-state index is 11.5. The van der Waals surface area contributed by atoms with Crippen LogP contribution in [0, 0.1) is 5.92 Å². The molecular weight excluding hydrogens is 414 g/mol. The summed E-state index contributed by atoms with van der Waals surface area (Å²) in [4.78, 5) is 29.3. The monoisotopic (exact) mass is 435 g/mol. The third kappa shape index (κ3) is 4.77. The molecule has 0 saturated heterocycles. The number of rotatable bonds is 9. The maximum atomic E-state index is 11.5. The Morgan fingerprint density at radius 2 is 1.84 bits per heavy atom. The molecule has 158 valence electrons. The molecule has 0 spiro atoms. The molecule has 9 heteroatoms. The molecule has 4 aromatic rings. The van der Waals surface area contributed by atoms with Gasteiger partial charge < -0.3 is 14.8 Å². The van der Waals surface area contributed by atoms with Crippen LogP contribution >= 0.6 is 11.3 Å². The first-order valence-corrected chi connectivity index (χ1v) is 10.7. The van der Waals surface area contributed by atoms with Crippen LogP contribution in [0.3, 0.4) is 0 Å². The molecule has 0 amide bonds. The average Bonchev–Trinajstić information content (AvgIpc) is 3.48. The van der Waals surface area contributed by atoms with Gasteiger partial charge >= 0.3 is 5.97 Å². The van der Waals surface area contributed by atoms with Gasteiger partial charge in [0.05, 0.1) is 22.7 Å². The fraction of sp³-hybridized carbons (Fsp3) is 0.227. The van der Waals surface area contributed by atoms with Crippen molar-refractivity contribution in [2.24, 2.45) is 5.92 Å². The summed E-state index contributed by atoms with van der Waals surface area (Å²) in [5.74, 6) is -0.557. The van der Waals surface area contributed by atoms with Gasteiger partial charge in [0.2, 0.25) is 0 Å². The first-order valence-electron chi connectivity index (χ1n) is 9.88. The fourth-order valence-electron chi connectivity index (χ4n) is 3.22. The van der Waals surface area contributed by atoms with Gasteiger partial charge in [-0.3, -0.25) is 4.79 Å². The van der Waals surface area contributed by atoms with Crippen molar-refractivity contribution in [3.8, 4) is 33.0 Å². The van der Waals surface area contributed by atoms with Crippen molar-refractivity contribution in [3.05, 3.63) is 55.6 Å². The SMILES string of the molecule is CCCC(CNc1nc(-c2cncnc2)c(-c2ccc(-c3cnco3)cc2)s1)C(=O)O. The Balaban J connectivity index is 1.65. The van der Waals surface area contributed by atoms with Crippen molar-refractivity contribution in [1.82, 2.24) is 19.9 Å². The predicted octanol–water partition coefficient (Wildman–Crippen LogP) is 4.83. The van der Waals surface area contributed by atoms with Crippen LogP contribution in [0.1, 0.15) is 19.8 Å². The molecule has 1 aromatic carbocycles. The van der Waals surface area contributed by atoms with Crippen LogP contribution in [-0.4, -0.2) is 37.6 Å². The van der Waals surface area contributed by atoms with Gasteiger partial charge in [0.15, 0.2) is 17.3 Å². The summed E-state index contributed by atoms with van der Waals surface area (Å²) in [5, 5.41) is 13.3. The van der Waals surface area contributed by atoms with Gasteiger partial charge in [0, 0.05) is 30.1 Å². The molecule has 31 heavy (non-hydrogen) atoms. The van der Waals surface area contributed by atoms with Crippen molar-refractivity contribution >= 4 is 22.4 Å². The molecule has 0 fully saturated rings. The Morgan fingerprint density at radius 3 is 2.48 bits per heavy atom. The molecule has 3 heterocycles. The highest BCUT2D eigenvalue weighted by atomic mass is 32.1. The Labute approximate surface area is 183 Å². The lowest BCUT2D eigenvalue weighted by Crippen LogP contribution is -2.22. The van der Waals surface area contributed by atoms with Crippen LogP contribution in [0.25, 0.3) is 33.0 Å². The molecule has 0 bridgehead atoms. The van der Waals surface area contributed by atoms with E-state index in [1.54, 1.807) is 18.6 Å². The largest absolute Gasteiger partial charge is 0.481 e. The highest BCUT2D eigenvalue weighted by Crippen LogP contribution is 2.39. The number of anilines is 1. The minimum Gasteiger partial charge on any atom is -0.481 e. The minimum atomic E-state index is -0.800. The van der Waals surface area contributed by atoms with Gasteiger partial charge in [0.1, 0.15) is 6.33 Å².